The average Bonchev–Trinajstić information content (AvgIpc) is 2.94. The van der Waals surface area contributed by atoms with E-state index < -0.39 is 0 Å². The van der Waals surface area contributed by atoms with Gasteiger partial charge in [0, 0.05) is 17.1 Å². The van der Waals surface area contributed by atoms with Gasteiger partial charge in [-0.25, -0.2) is 4.79 Å². The number of hydrogen-bond donors (Lipinski definition) is 1. The third-order valence-corrected chi connectivity index (χ3v) is 3.19. The van der Waals surface area contributed by atoms with E-state index in [2.05, 4.69) is 4.98 Å². The van der Waals surface area contributed by atoms with Crippen molar-refractivity contribution < 1.29 is 9.53 Å². The third-order valence-electron chi connectivity index (χ3n) is 3.19. The van der Waals surface area contributed by atoms with E-state index in [1.807, 2.05) is 48.7 Å². The second kappa shape index (κ2) is 4.61. The molecule has 2 aromatic carbocycles. The lowest BCUT2D eigenvalue weighted by atomic mass is 10.00. The number of benzene rings is 2. The first kappa shape index (κ1) is 11.5. The van der Waals surface area contributed by atoms with Gasteiger partial charge in [-0.15, -0.1) is 0 Å². The average molecular weight is 251 g/mol. The van der Waals surface area contributed by atoms with Crippen LogP contribution in [0.3, 0.4) is 0 Å². The minimum Gasteiger partial charge on any atom is -0.465 e. The summed E-state index contributed by atoms with van der Waals surface area (Å²) in [5, 5.41) is 1.14. The van der Waals surface area contributed by atoms with Crippen LogP contribution in [0.5, 0.6) is 0 Å². The van der Waals surface area contributed by atoms with Crippen LogP contribution in [0.15, 0.2) is 54.7 Å². The number of hydrogen-bond acceptors (Lipinski definition) is 2. The normalized spacial score (nSPS) is 10.6. The van der Waals surface area contributed by atoms with Crippen LogP contribution in [-0.4, -0.2) is 18.1 Å². The van der Waals surface area contributed by atoms with E-state index >= 15 is 0 Å². The standard InChI is InChI=1S/C16H13NO2/c1-19-16(18)12-5-2-4-11(10-12)13-6-3-7-15-14(13)8-9-17-15/h2-10,17H,1H3. The van der Waals surface area contributed by atoms with Crippen LogP contribution in [0, 0.1) is 0 Å². The highest BCUT2D eigenvalue weighted by molar-refractivity contribution is 5.97. The molecule has 0 amide bonds. The molecule has 19 heavy (non-hydrogen) atoms. The minimum absolute atomic E-state index is 0.317. The van der Waals surface area contributed by atoms with E-state index in [1.165, 1.54) is 7.11 Å². The molecule has 0 unspecified atom stereocenters. The SMILES string of the molecule is COC(=O)c1cccc(-c2cccc3[nH]ccc23)c1. The number of carbonyl (C=O) groups excluding carboxylic acids is 1. The maximum absolute atomic E-state index is 11.6. The number of rotatable bonds is 2. The Morgan fingerprint density at radius 2 is 1.95 bits per heavy atom. The van der Waals surface area contributed by atoms with E-state index in [0.717, 1.165) is 22.0 Å². The minimum atomic E-state index is -0.317. The van der Waals surface area contributed by atoms with Gasteiger partial charge < -0.3 is 9.72 Å². The number of aromatic nitrogens is 1. The van der Waals surface area contributed by atoms with E-state index in [0.29, 0.717) is 5.56 Å². The van der Waals surface area contributed by atoms with Crippen molar-refractivity contribution in [1.29, 1.82) is 0 Å². The summed E-state index contributed by atoms with van der Waals surface area (Å²) >= 11 is 0. The highest BCUT2D eigenvalue weighted by atomic mass is 16.5. The molecule has 0 radical (unpaired) electrons. The highest BCUT2D eigenvalue weighted by Crippen LogP contribution is 2.28. The van der Waals surface area contributed by atoms with Crippen molar-refractivity contribution in [2.24, 2.45) is 0 Å². The Kier molecular flexibility index (Phi) is 2.80. The van der Waals surface area contributed by atoms with Gasteiger partial charge in [0.2, 0.25) is 0 Å². The van der Waals surface area contributed by atoms with Gasteiger partial charge in [-0.05, 0) is 35.4 Å². The maximum atomic E-state index is 11.6. The Hall–Kier alpha value is -2.55. The predicted molar refractivity (Wildman–Crippen MR) is 75.1 cm³/mol. The fraction of sp³-hybridized carbons (Fsp3) is 0.0625. The van der Waals surface area contributed by atoms with Crippen molar-refractivity contribution in [3.8, 4) is 11.1 Å². The van der Waals surface area contributed by atoms with Crippen LogP contribution >= 0.6 is 0 Å². The van der Waals surface area contributed by atoms with Gasteiger partial charge in [0.05, 0.1) is 12.7 Å². The summed E-state index contributed by atoms with van der Waals surface area (Å²) in [6.45, 7) is 0. The van der Waals surface area contributed by atoms with Crippen molar-refractivity contribution in [3.05, 3.63) is 60.3 Å². The van der Waals surface area contributed by atoms with E-state index in [-0.39, 0.29) is 5.97 Å². The first-order valence-electron chi connectivity index (χ1n) is 6.04. The molecule has 0 aliphatic heterocycles. The molecule has 0 atom stereocenters. The van der Waals surface area contributed by atoms with Crippen molar-refractivity contribution in [2.75, 3.05) is 7.11 Å². The van der Waals surface area contributed by atoms with E-state index in [4.69, 9.17) is 4.74 Å². The number of methoxy groups -OCH3 is 1. The molecular formula is C16H13NO2. The van der Waals surface area contributed by atoms with Gasteiger partial charge in [-0.2, -0.15) is 0 Å². The number of nitrogens with one attached hydrogen (secondary N) is 1. The summed E-state index contributed by atoms with van der Waals surface area (Å²) in [7, 11) is 1.39. The Morgan fingerprint density at radius 1 is 1.11 bits per heavy atom. The summed E-state index contributed by atoms with van der Waals surface area (Å²) < 4.78 is 4.75. The zero-order valence-corrected chi connectivity index (χ0v) is 10.5. The zero-order chi connectivity index (χ0) is 13.2. The molecule has 94 valence electrons. The predicted octanol–water partition coefficient (Wildman–Crippen LogP) is 3.62. The summed E-state index contributed by atoms with van der Waals surface area (Å²) in [6, 6.07) is 15.6. The highest BCUT2D eigenvalue weighted by Gasteiger charge is 2.08. The van der Waals surface area contributed by atoms with Crippen molar-refractivity contribution in [1.82, 2.24) is 4.98 Å². The lowest BCUT2D eigenvalue weighted by molar-refractivity contribution is 0.0601. The monoisotopic (exact) mass is 251 g/mol. The molecule has 1 aromatic heterocycles. The van der Waals surface area contributed by atoms with Crippen LogP contribution in [0.4, 0.5) is 0 Å². The Balaban J connectivity index is 2.16. The molecule has 0 bridgehead atoms. The number of carbonyl (C=O) groups is 1. The molecule has 3 heteroatoms. The summed E-state index contributed by atoms with van der Waals surface area (Å²) in [6.07, 6.45) is 1.92. The van der Waals surface area contributed by atoms with Crippen LogP contribution in [-0.2, 0) is 4.74 Å². The first-order valence-corrected chi connectivity index (χ1v) is 6.04. The van der Waals surface area contributed by atoms with Crippen LogP contribution in [0.25, 0.3) is 22.0 Å². The number of esters is 1. The molecule has 0 saturated heterocycles. The summed E-state index contributed by atoms with van der Waals surface area (Å²) in [4.78, 5) is 14.8. The topological polar surface area (TPSA) is 42.1 Å². The van der Waals surface area contributed by atoms with Crippen molar-refractivity contribution >= 4 is 16.9 Å². The Morgan fingerprint density at radius 3 is 2.79 bits per heavy atom. The van der Waals surface area contributed by atoms with Crippen molar-refractivity contribution in [3.63, 3.8) is 0 Å². The number of fused-ring (bicyclic) bond motifs is 1. The molecule has 3 rings (SSSR count). The Bertz CT molecular complexity index is 743. The molecule has 0 aliphatic rings. The molecule has 0 spiro atoms. The molecule has 1 heterocycles. The van der Waals surface area contributed by atoms with Gasteiger partial charge in [-0.3, -0.25) is 0 Å². The lowest BCUT2D eigenvalue weighted by Crippen LogP contribution is -2.00. The first-order chi connectivity index (χ1) is 9.29. The molecule has 3 nitrogen and oxygen atoms in total. The largest absolute Gasteiger partial charge is 0.465 e. The maximum Gasteiger partial charge on any atom is 0.337 e. The second-order valence-electron chi connectivity index (χ2n) is 4.32. The fourth-order valence-electron chi connectivity index (χ4n) is 2.27. The van der Waals surface area contributed by atoms with Crippen LogP contribution in [0.2, 0.25) is 0 Å². The molecule has 1 N–H and O–H groups in total. The molecule has 0 aliphatic carbocycles. The van der Waals surface area contributed by atoms with E-state index in [1.54, 1.807) is 6.07 Å². The third kappa shape index (κ3) is 1.99. The summed E-state index contributed by atoms with van der Waals surface area (Å²) in [5.41, 5.74) is 3.76. The van der Waals surface area contributed by atoms with Crippen molar-refractivity contribution in [2.45, 2.75) is 0 Å². The van der Waals surface area contributed by atoms with Gasteiger partial charge >= 0.3 is 5.97 Å². The fourth-order valence-corrected chi connectivity index (χ4v) is 2.27. The van der Waals surface area contributed by atoms with Gasteiger partial charge in [0.25, 0.3) is 0 Å². The number of H-pyrrole nitrogens is 1. The summed E-state index contributed by atoms with van der Waals surface area (Å²) in [5.74, 6) is -0.317. The quantitative estimate of drug-likeness (QED) is 0.707. The molecule has 0 fully saturated rings. The van der Waals surface area contributed by atoms with Crippen LogP contribution < -0.4 is 0 Å². The molecule has 0 saturated carbocycles. The Labute approximate surface area is 110 Å². The van der Waals surface area contributed by atoms with Gasteiger partial charge in [0.15, 0.2) is 0 Å². The molecule has 3 aromatic rings. The van der Waals surface area contributed by atoms with Gasteiger partial charge in [-0.1, -0.05) is 24.3 Å². The lowest BCUT2D eigenvalue weighted by Gasteiger charge is -2.06. The smallest absolute Gasteiger partial charge is 0.337 e. The molecular weight excluding hydrogens is 238 g/mol. The van der Waals surface area contributed by atoms with Gasteiger partial charge in [0.1, 0.15) is 0 Å². The zero-order valence-electron chi connectivity index (χ0n) is 10.5. The number of aromatic amines is 1. The van der Waals surface area contributed by atoms with E-state index in [9.17, 15) is 4.79 Å². The number of ether oxygens (including phenoxy) is 1. The second-order valence-corrected chi connectivity index (χ2v) is 4.32. The van der Waals surface area contributed by atoms with Crippen LogP contribution in [0.1, 0.15) is 10.4 Å².